The van der Waals surface area contributed by atoms with Crippen LogP contribution < -0.4 is 4.74 Å². The molecule has 0 unspecified atom stereocenters. The molecular formula is C12H11F3N2O2. The van der Waals surface area contributed by atoms with E-state index in [1.54, 1.807) is 13.8 Å². The van der Waals surface area contributed by atoms with Gasteiger partial charge in [0.25, 0.3) is 0 Å². The summed E-state index contributed by atoms with van der Waals surface area (Å²) in [6.45, 7) is 3.68. The molecule has 0 N–H and O–H groups in total. The summed E-state index contributed by atoms with van der Waals surface area (Å²) < 4.78 is 49.6. The van der Waals surface area contributed by atoms with E-state index >= 15 is 0 Å². The summed E-state index contributed by atoms with van der Waals surface area (Å²) in [5.74, 6) is -0.247. The second-order valence-corrected chi connectivity index (χ2v) is 4.98. The minimum absolute atomic E-state index is 0.00865. The van der Waals surface area contributed by atoms with E-state index in [-0.39, 0.29) is 12.2 Å². The molecule has 0 spiro atoms. The van der Waals surface area contributed by atoms with Gasteiger partial charge in [-0.2, -0.15) is 13.2 Å². The van der Waals surface area contributed by atoms with E-state index < -0.39 is 17.6 Å². The van der Waals surface area contributed by atoms with Crippen LogP contribution in [0.5, 0.6) is 5.75 Å². The van der Waals surface area contributed by atoms with Gasteiger partial charge in [-0.25, -0.2) is 0 Å². The van der Waals surface area contributed by atoms with Crippen LogP contribution in [0.15, 0.2) is 28.4 Å². The third-order valence-electron chi connectivity index (χ3n) is 3.09. The van der Waals surface area contributed by atoms with Crippen molar-refractivity contribution in [3.05, 3.63) is 29.3 Å². The minimum atomic E-state index is -4.52. The predicted molar refractivity (Wildman–Crippen MR) is 58.5 cm³/mol. The Balaban J connectivity index is 1.96. The highest BCUT2D eigenvalue weighted by molar-refractivity contribution is 5.42. The van der Waals surface area contributed by atoms with Crippen LogP contribution in [0.4, 0.5) is 13.2 Å². The van der Waals surface area contributed by atoms with Gasteiger partial charge in [-0.05, 0) is 12.1 Å². The number of halogens is 3. The van der Waals surface area contributed by atoms with Crippen molar-refractivity contribution in [2.45, 2.75) is 38.1 Å². The molecule has 1 aromatic rings. The maximum Gasteiger partial charge on any atom is 0.442 e. The molecule has 0 atom stereocenters. The van der Waals surface area contributed by atoms with Crippen LogP contribution in [0.2, 0.25) is 0 Å². The number of fused-ring (bicyclic) bond motifs is 1. The van der Waals surface area contributed by atoms with Crippen LogP contribution >= 0.6 is 0 Å². The number of ether oxygens (including phenoxy) is 2. The lowest BCUT2D eigenvalue weighted by atomic mass is 9.99. The van der Waals surface area contributed by atoms with Crippen molar-refractivity contribution >= 4 is 0 Å². The molecule has 0 radical (unpaired) electrons. The Labute approximate surface area is 107 Å². The van der Waals surface area contributed by atoms with Crippen molar-refractivity contribution in [2.24, 2.45) is 10.2 Å². The average Bonchev–Trinajstić information content (AvgIpc) is 3.07. The van der Waals surface area contributed by atoms with Crippen molar-refractivity contribution in [2.75, 3.05) is 0 Å². The highest BCUT2D eigenvalue weighted by Crippen LogP contribution is 2.53. The fourth-order valence-electron chi connectivity index (χ4n) is 2.00. The first kappa shape index (κ1) is 12.4. The van der Waals surface area contributed by atoms with Crippen molar-refractivity contribution in [1.82, 2.24) is 0 Å². The molecule has 2 aliphatic heterocycles. The Bertz CT molecular complexity index is 561. The first-order valence-corrected chi connectivity index (χ1v) is 5.71. The van der Waals surface area contributed by atoms with E-state index in [2.05, 4.69) is 10.2 Å². The molecule has 0 fully saturated rings. The van der Waals surface area contributed by atoms with E-state index in [4.69, 9.17) is 9.47 Å². The fraction of sp³-hybridized carbons (Fsp3) is 0.500. The van der Waals surface area contributed by atoms with E-state index in [1.165, 1.54) is 18.2 Å². The SMILES string of the molecule is CC1(C)OCc2cc(C3(C(F)(F)F)N=N3)ccc2O1. The Kier molecular flexibility index (Phi) is 2.27. The third kappa shape index (κ3) is 1.88. The minimum Gasteiger partial charge on any atom is -0.463 e. The average molecular weight is 272 g/mol. The van der Waals surface area contributed by atoms with Crippen molar-refractivity contribution < 1.29 is 22.6 Å². The number of hydrogen-bond donors (Lipinski definition) is 0. The number of hydrogen-bond acceptors (Lipinski definition) is 4. The molecular weight excluding hydrogens is 261 g/mol. The smallest absolute Gasteiger partial charge is 0.442 e. The van der Waals surface area contributed by atoms with Gasteiger partial charge < -0.3 is 9.47 Å². The molecule has 1 aromatic carbocycles. The van der Waals surface area contributed by atoms with Gasteiger partial charge in [0.15, 0.2) is 0 Å². The zero-order valence-corrected chi connectivity index (χ0v) is 10.3. The Hall–Kier alpha value is -1.63. The second kappa shape index (κ2) is 3.47. The number of benzene rings is 1. The summed E-state index contributed by atoms with van der Waals surface area (Å²) >= 11 is 0. The van der Waals surface area contributed by atoms with E-state index in [9.17, 15) is 13.2 Å². The molecule has 3 rings (SSSR count). The van der Waals surface area contributed by atoms with E-state index in [0.717, 1.165) is 0 Å². The third-order valence-corrected chi connectivity index (χ3v) is 3.09. The molecule has 2 heterocycles. The monoisotopic (exact) mass is 272 g/mol. The summed E-state index contributed by atoms with van der Waals surface area (Å²) in [4.78, 5) is 0. The summed E-state index contributed by atoms with van der Waals surface area (Å²) in [7, 11) is 0. The summed E-state index contributed by atoms with van der Waals surface area (Å²) in [5.41, 5.74) is -1.84. The maximum atomic E-state index is 12.9. The molecule has 4 nitrogen and oxygen atoms in total. The molecule has 0 aliphatic carbocycles. The summed E-state index contributed by atoms with van der Waals surface area (Å²) in [6.07, 6.45) is -4.52. The number of alkyl halides is 3. The fourth-order valence-corrected chi connectivity index (χ4v) is 2.00. The van der Waals surface area contributed by atoms with Crippen molar-refractivity contribution in [3.63, 3.8) is 0 Å². The van der Waals surface area contributed by atoms with Gasteiger partial charge in [0.1, 0.15) is 5.75 Å². The lowest BCUT2D eigenvalue weighted by molar-refractivity contribution is -0.180. The maximum absolute atomic E-state index is 12.9. The zero-order chi connectivity index (χ0) is 13.9. The van der Waals surface area contributed by atoms with E-state index in [0.29, 0.717) is 11.3 Å². The lowest BCUT2D eigenvalue weighted by Gasteiger charge is -2.33. The normalized spacial score (nSPS) is 22.6. The van der Waals surface area contributed by atoms with E-state index in [1.807, 2.05) is 0 Å². The van der Waals surface area contributed by atoms with Crippen LogP contribution in [-0.4, -0.2) is 12.0 Å². The molecule has 0 saturated heterocycles. The Morgan fingerprint density at radius 2 is 1.89 bits per heavy atom. The Morgan fingerprint density at radius 1 is 1.21 bits per heavy atom. The first-order valence-electron chi connectivity index (χ1n) is 5.71. The quantitative estimate of drug-likeness (QED) is 0.785. The highest BCUT2D eigenvalue weighted by atomic mass is 19.4. The van der Waals surface area contributed by atoms with Gasteiger partial charge in [-0.15, -0.1) is 10.2 Å². The number of rotatable bonds is 1. The summed E-state index contributed by atoms with van der Waals surface area (Å²) in [6, 6.07) is 4.23. The molecule has 0 bridgehead atoms. The molecule has 102 valence electrons. The Morgan fingerprint density at radius 3 is 2.47 bits per heavy atom. The zero-order valence-electron chi connectivity index (χ0n) is 10.3. The van der Waals surface area contributed by atoms with Crippen LogP contribution in [0.1, 0.15) is 25.0 Å². The molecule has 0 aromatic heterocycles. The topological polar surface area (TPSA) is 43.2 Å². The van der Waals surface area contributed by atoms with Gasteiger partial charge in [-0.3, -0.25) is 0 Å². The van der Waals surface area contributed by atoms with Gasteiger partial charge >= 0.3 is 11.8 Å². The predicted octanol–water partition coefficient (Wildman–Crippen LogP) is 3.51. The molecule has 0 saturated carbocycles. The molecule has 7 heteroatoms. The van der Waals surface area contributed by atoms with Crippen LogP contribution in [0.3, 0.4) is 0 Å². The largest absolute Gasteiger partial charge is 0.463 e. The van der Waals surface area contributed by atoms with Gasteiger partial charge in [0.2, 0.25) is 5.79 Å². The summed E-state index contributed by atoms with van der Waals surface area (Å²) in [5, 5.41) is 6.34. The van der Waals surface area contributed by atoms with Gasteiger partial charge in [0.05, 0.1) is 6.61 Å². The number of nitrogens with zero attached hydrogens (tertiary/aromatic N) is 2. The molecule has 0 amide bonds. The molecule has 19 heavy (non-hydrogen) atoms. The van der Waals surface area contributed by atoms with Crippen molar-refractivity contribution in [1.29, 1.82) is 0 Å². The molecule has 2 aliphatic rings. The standard InChI is InChI=1S/C12H11F3N2O2/c1-10(2)18-6-7-5-8(3-4-9(7)19-10)11(16-17-11)12(13,14)15/h3-5H,6H2,1-2H3. The van der Waals surface area contributed by atoms with Crippen LogP contribution in [-0.2, 0) is 17.0 Å². The van der Waals surface area contributed by atoms with Crippen LogP contribution in [0, 0.1) is 0 Å². The lowest BCUT2D eigenvalue weighted by Crippen LogP contribution is -2.36. The second-order valence-electron chi connectivity index (χ2n) is 4.98. The highest BCUT2D eigenvalue weighted by Gasteiger charge is 2.65. The van der Waals surface area contributed by atoms with Gasteiger partial charge in [-0.1, -0.05) is 6.07 Å². The van der Waals surface area contributed by atoms with Crippen molar-refractivity contribution in [3.8, 4) is 5.75 Å². The first-order chi connectivity index (χ1) is 8.74. The van der Waals surface area contributed by atoms with Crippen LogP contribution in [0.25, 0.3) is 0 Å². The van der Waals surface area contributed by atoms with Gasteiger partial charge in [0, 0.05) is 25.0 Å².